The molecule has 9 heteroatoms. The highest BCUT2D eigenvalue weighted by atomic mass is 35.5. The molecular weight excluding hydrogens is 425 g/mol. The van der Waals surface area contributed by atoms with Crippen LogP contribution in [0.5, 0.6) is 0 Å². The average Bonchev–Trinajstić information content (AvgIpc) is 3.04. The summed E-state index contributed by atoms with van der Waals surface area (Å²) in [5.41, 5.74) is 0.0539. The third-order valence-electron chi connectivity index (χ3n) is 4.81. The van der Waals surface area contributed by atoms with Crippen LogP contribution in [0.1, 0.15) is 20.0 Å². The Labute approximate surface area is 173 Å². The number of carbonyl (C=O) groups is 2. The van der Waals surface area contributed by atoms with Crippen LogP contribution in [0.15, 0.2) is 36.4 Å². The highest BCUT2D eigenvalue weighted by Crippen LogP contribution is 2.36. The first-order valence-electron chi connectivity index (χ1n) is 8.76. The molecular formula is C20H14ClF3N2O2S. The Balaban J connectivity index is 1.47. The van der Waals surface area contributed by atoms with Crippen molar-refractivity contribution in [1.82, 2.24) is 9.80 Å². The highest BCUT2D eigenvalue weighted by Gasteiger charge is 2.28. The minimum atomic E-state index is -1.08. The van der Waals surface area contributed by atoms with Crippen molar-refractivity contribution >= 4 is 44.8 Å². The van der Waals surface area contributed by atoms with E-state index in [0.29, 0.717) is 15.0 Å². The van der Waals surface area contributed by atoms with Crippen LogP contribution in [0.25, 0.3) is 10.1 Å². The summed E-state index contributed by atoms with van der Waals surface area (Å²) < 4.78 is 40.5. The summed E-state index contributed by atoms with van der Waals surface area (Å²) in [5.74, 6) is -3.21. The van der Waals surface area contributed by atoms with Gasteiger partial charge in [-0.15, -0.1) is 11.3 Å². The molecule has 0 atom stereocenters. The molecule has 2 heterocycles. The second-order valence-corrected chi connectivity index (χ2v) is 8.03. The summed E-state index contributed by atoms with van der Waals surface area (Å²) in [6.45, 7) is 1.04. The zero-order valence-corrected chi connectivity index (χ0v) is 16.5. The Morgan fingerprint density at radius 1 is 0.862 bits per heavy atom. The lowest BCUT2D eigenvalue weighted by Crippen LogP contribution is -2.50. The molecule has 150 valence electrons. The van der Waals surface area contributed by atoms with Gasteiger partial charge < -0.3 is 9.80 Å². The van der Waals surface area contributed by atoms with Gasteiger partial charge in [-0.2, -0.15) is 0 Å². The number of benzene rings is 2. The maximum atomic E-state index is 13.4. The number of hydrogen-bond donors (Lipinski definition) is 0. The quantitative estimate of drug-likeness (QED) is 0.588. The van der Waals surface area contributed by atoms with E-state index in [9.17, 15) is 22.8 Å². The van der Waals surface area contributed by atoms with Crippen LogP contribution >= 0.6 is 22.9 Å². The number of thiophene rings is 1. The summed E-state index contributed by atoms with van der Waals surface area (Å²) in [5, 5.41) is 0.906. The van der Waals surface area contributed by atoms with E-state index in [0.717, 1.165) is 23.5 Å². The topological polar surface area (TPSA) is 40.6 Å². The zero-order chi connectivity index (χ0) is 20.7. The third-order valence-corrected chi connectivity index (χ3v) is 6.45. The van der Waals surface area contributed by atoms with Crippen molar-refractivity contribution in [3.63, 3.8) is 0 Å². The molecule has 1 saturated heterocycles. The van der Waals surface area contributed by atoms with Crippen LogP contribution in [0.3, 0.4) is 0 Å². The van der Waals surface area contributed by atoms with Gasteiger partial charge in [0, 0.05) is 41.8 Å². The first kappa shape index (κ1) is 19.7. The second-order valence-electron chi connectivity index (χ2n) is 6.60. The smallest absolute Gasteiger partial charge is 0.265 e. The van der Waals surface area contributed by atoms with E-state index in [2.05, 4.69) is 0 Å². The minimum absolute atomic E-state index is 0.0539. The Morgan fingerprint density at radius 3 is 2.17 bits per heavy atom. The Bertz CT molecular complexity index is 1130. The lowest BCUT2D eigenvalue weighted by molar-refractivity contribution is 0.0538. The minimum Gasteiger partial charge on any atom is -0.335 e. The van der Waals surface area contributed by atoms with Gasteiger partial charge in [0.05, 0.1) is 5.02 Å². The molecule has 0 saturated carbocycles. The molecule has 3 aromatic rings. The average molecular weight is 439 g/mol. The number of halogens is 4. The van der Waals surface area contributed by atoms with Crippen molar-refractivity contribution in [1.29, 1.82) is 0 Å². The van der Waals surface area contributed by atoms with Crippen molar-refractivity contribution in [3.8, 4) is 0 Å². The van der Waals surface area contributed by atoms with Gasteiger partial charge >= 0.3 is 0 Å². The molecule has 1 aromatic heterocycles. The number of amides is 2. The summed E-state index contributed by atoms with van der Waals surface area (Å²) in [6.07, 6.45) is 0. The fourth-order valence-electron chi connectivity index (χ4n) is 3.24. The molecule has 1 aliphatic rings. The van der Waals surface area contributed by atoms with E-state index in [-0.39, 0.29) is 42.7 Å². The van der Waals surface area contributed by atoms with Crippen molar-refractivity contribution in [2.24, 2.45) is 0 Å². The monoisotopic (exact) mass is 438 g/mol. The SMILES string of the molecule is O=C(c1ccc(F)c(F)c1)N1CCN(C(=O)c2sc3cc(F)ccc3c2Cl)CC1. The molecule has 0 radical (unpaired) electrons. The van der Waals surface area contributed by atoms with Crippen molar-refractivity contribution in [2.75, 3.05) is 26.2 Å². The van der Waals surface area contributed by atoms with E-state index in [1.165, 1.54) is 23.1 Å². The first-order valence-corrected chi connectivity index (χ1v) is 9.96. The number of carbonyl (C=O) groups excluding carboxylic acids is 2. The van der Waals surface area contributed by atoms with Gasteiger partial charge in [0.25, 0.3) is 11.8 Å². The van der Waals surface area contributed by atoms with E-state index >= 15 is 0 Å². The zero-order valence-electron chi connectivity index (χ0n) is 14.9. The standard InChI is InChI=1S/C20H14ClF3N2O2S/c21-17-13-3-2-12(22)10-16(13)29-18(17)20(28)26-7-5-25(6-8-26)19(27)11-1-4-14(23)15(24)9-11/h1-4,9-10H,5-8H2. The largest absolute Gasteiger partial charge is 0.335 e. The van der Waals surface area contributed by atoms with Crippen LogP contribution in [0.4, 0.5) is 13.2 Å². The Kier molecular flexibility index (Phi) is 5.23. The van der Waals surface area contributed by atoms with E-state index in [1.54, 1.807) is 11.0 Å². The molecule has 0 spiro atoms. The van der Waals surface area contributed by atoms with Crippen LogP contribution in [-0.2, 0) is 0 Å². The highest BCUT2D eigenvalue weighted by molar-refractivity contribution is 7.21. The molecule has 1 fully saturated rings. The Morgan fingerprint density at radius 2 is 1.52 bits per heavy atom. The van der Waals surface area contributed by atoms with E-state index in [4.69, 9.17) is 11.6 Å². The predicted molar refractivity (Wildman–Crippen MR) is 105 cm³/mol. The molecule has 1 aliphatic heterocycles. The number of nitrogens with zero attached hydrogens (tertiary/aromatic N) is 2. The van der Waals surface area contributed by atoms with Gasteiger partial charge in [0.15, 0.2) is 11.6 Å². The predicted octanol–water partition coefficient (Wildman–Crippen LogP) is 4.57. The summed E-state index contributed by atoms with van der Waals surface area (Å²) in [4.78, 5) is 28.7. The van der Waals surface area contributed by atoms with Gasteiger partial charge in [-0.05, 0) is 36.4 Å². The molecule has 2 amide bonds. The molecule has 4 rings (SSSR count). The van der Waals surface area contributed by atoms with Gasteiger partial charge in [0.2, 0.25) is 0 Å². The van der Waals surface area contributed by atoms with Gasteiger partial charge in [-0.1, -0.05) is 11.6 Å². The second kappa shape index (κ2) is 7.68. The van der Waals surface area contributed by atoms with Crippen LogP contribution in [0, 0.1) is 17.5 Å². The normalized spacial score (nSPS) is 14.5. The van der Waals surface area contributed by atoms with E-state index in [1.807, 2.05) is 0 Å². The number of piperazine rings is 1. The summed E-state index contributed by atoms with van der Waals surface area (Å²) in [7, 11) is 0. The van der Waals surface area contributed by atoms with Gasteiger partial charge in [-0.3, -0.25) is 9.59 Å². The summed E-state index contributed by atoms with van der Waals surface area (Å²) in [6, 6.07) is 7.17. The lowest BCUT2D eigenvalue weighted by Gasteiger charge is -2.34. The van der Waals surface area contributed by atoms with Crippen molar-refractivity contribution < 1.29 is 22.8 Å². The fourth-order valence-corrected chi connectivity index (χ4v) is 4.75. The molecule has 0 aliphatic carbocycles. The van der Waals surface area contributed by atoms with Crippen LogP contribution in [0.2, 0.25) is 5.02 Å². The number of rotatable bonds is 2. The van der Waals surface area contributed by atoms with Gasteiger partial charge in [0.1, 0.15) is 10.7 Å². The van der Waals surface area contributed by atoms with Gasteiger partial charge in [-0.25, -0.2) is 13.2 Å². The van der Waals surface area contributed by atoms with Crippen LogP contribution in [-0.4, -0.2) is 47.8 Å². The maximum Gasteiger partial charge on any atom is 0.265 e. The molecule has 29 heavy (non-hydrogen) atoms. The van der Waals surface area contributed by atoms with Crippen molar-refractivity contribution in [2.45, 2.75) is 0 Å². The third kappa shape index (κ3) is 3.70. The number of fused-ring (bicyclic) bond motifs is 1. The summed E-state index contributed by atoms with van der Waals surface area (Å²) >= 11 is 7.45. The lowest BCUT2D eigenvalue weighted by atomic mass is 10.1. The fraction of sp³-hybridized carbons (Fsp3) is 0.200. The van der Waals surface area contributed by atoms with Crippen LogP contribution < -0.4 is 0 Å². The molecule has 0 N–H and O–H groups in total. The Hall–Kier alpha value is -2.58. The number of hydrogen-bond acceptors (Lipinski definition) is 3. The molecule has 4 nitrogen and oxygen atoms in total. The van der Waals surface area contributed by atoms with E-state index < -0.39 is 23.4 Å². The molecule has 0 unspecified atom stereocenters. The molecule has 2 aromatic carbocycles. The maximum absolute atomic E-state index is 13.4. The first-order chi connectivity index (χ1) is 13.8. The molecule has 0 bridgehead atoms. The van der Waals surface area contributed by atoms with Crippen molar-refractivity contribution in [3.05, 3.63) is 69.3 Å².